The van der Waals surface area contributed by atoms with Gasteiger partial charge in [0.25, 0.3) is 0 Å². The second-order valence-corrected chi connectivity index (χ2v) is 5.64. The highest BCUT2D eigenvalue weighted by molar-refractivity contribution is 6.33. The van der Waals surface area contributed by atoms with Crippen LogP contribution in [0.1, 0.15) is 43.0 Å². The van der Waals surface area contributed by atoms with Crippen molar-refractivity contribution >= 4 is 23.6 Å². The van der Waals surface area contributed by atoms with Gasteiger partial charge in [0, 0.05) is 18.7 Å². The van der Waals surface area contributed by atoms with Gasteiger partial charge in [-0.05, 0) is 30.9 Å². The normalized spacial score (nSPS) is 23.7. The molecule has 2 rings (SSSR count). The lowest BCUT2D eigenvalue weighted by Gasteiger charge is -2.38. The molecule has 2 nitrogen and oxygen atoms in total. The van der Waals surface area contributed by atoms with E-state index in [4.69, 9.17) is 11.6 Å². The Balaban J connectivity index is 2.32. The summed E-state index contributed by atoms with van der Waals surface area (Å²) < 4.78 is 0. The van der Waals surface area contributed by atoms with E-state index in [1.807, 2.05) is 18.2 Å². The zero-order chi connectivity index (χ0) is 13.1. The van der Waals surface area contributed by atoms with Gasteiger partial charge in [0.1, 0.15) is 0 Å². The SMILES string of the molecule is CC1CCCCC1N(C)c1c(Cl)cccc1C=O. The number of carbonyl (C=O) groups excluding carboxylic acids is 1. The first-order chi connectivity index (χ1) is 8.65. The molecule has 2 unspecified atom stereocenters. The standard InChI is InChI=1S/C15H20ClNO/c1-11-6-3-4-9-14(11)17(2)15-12(10-18)7-5-8-13(15)16/h5,7-8,10-11,14H,3-4,6,9H2,1-2H3. The summed E-state index contributed by atoms with van der Waals surface area (Å²) in [4.78, 5) is 13.4. The minimum absolute atomic E-state index is 0.484. The summed E-state index contributed by atoms with van der Waals surface area (Å²) in [6.07, 6.45) is 5.91. The number of para-hydroxylation sites is 1. The third-order valence-corrected chi connectivity index (χ3v) is 4.37. The maximum atomic E-state index is 11.2. The second-order valence-electron chi connectivity index (χ2n) is 5.24. The van der Waals surface area contributed by atoms with Gasteiger partial charge in [-0.1, -0.05) is 37.4 Å². The number of benzene rings is 1. The Morgan fingerprint density at radius 3 is 2.72 bits per heavy atom. The Labute approximate surface area is 114 Å². The molecule has 1 aromatic rings. The summed E-state index contributed by atoms with van der Waals surface area (Å²) in [6, 6.07) is 6.00. The predicted molar refractivity (Wildman–Crippen MR) is 76.7 cm³/mol. The molecule has 1 saturated carbocycles. The fraction of sp³-hybridized carbons (Fsp3) is 0.533. The van der Waals surface area contributed by atoms with Gasteiger partial charge < -0.3 is 4.90 Å². The highest BCUT2D eigenvalue weighted by atomic mass is 35.5. The Kier molecular flexibility index (Phi) is 4.28. The number of carbonyl (C=O) groups is 1. The summed E-state index contributed by atoms with van der Waals surface area (Å²) in [6.45, 7) is 2.29. The van der Waals surface area contributed by atoms with Crippen molar-refractivity contribution in [1.82, 2.24) is 0 Å². The highest BCUT2D eigenvalue weighted by Gasteiger charge is 2.27. The number of rotatable bonds is 3. The van der Waals surface area contributed by atoms with Crippen molar-refractivity contribution in [2.24, 2.45) is 5.92 Å². The number of anilines is 1. The zero-order valence-electron chi connectivity index (χ0n) is 11.0. The van der Waals surface area contributed by atoms with Gasteiger partial charge in [-0.15, -0.1) is 0 Å². The molecule has 1 aromatic carbocycles. The summed E-state index contributed by atoms with van der Waals surface area (Å²) in [7, 11) is 2.06. The van der Waals surface area contributed by atoms with Gasteiger partial charge in [-0.3, -0.25) is 4.79 Å². The first-order valence-electron chi connectivity index (χ1n) is 6.61. The monoisotopic (exact) mass is 265 g/mol. The van der Waals surface area contributed by atoms with Crippen LogP contribution in [0.25, 0.3) is 0 Å². The van der Waals surface area contributed by atoms with Gasteiger partial charge in [0.15, 0.2) is 6.29 Å². The fourth-order valence-corrected chi connectivity index (χ4v) is 3.35. The minimum Gasteiger partial charge on any atom is -0.370 e. The topological polar surface area (TPSA) is 20.3 Å². The number of halogens is 1. The molecule has 0 N–H and O–H groups in total. The first-order valence-corrected chi connectivity index (χ1v) is 6.99. The number of hydrogen-bond donors (Lipinski definition) is 0. The lowest BCUT2D eigenvalue weighted by molar-refractivity contribution is 0.112. The van der Waals surface area contributed by atoms with E-state index in [9.17, 15) is 4.79 Å². The number of hydrogen-bond acceptors (Lipinski definition) is 2. The third-order valence-electron chi connectivity index (χ3n) is 4.06. The van der Waals surface area contributed by atoms with Crippen LogP contribution in [0.3, 0.4) is 0 Å². The summed E-state index contributed by atoms with van der Waals surface area (Å²) in [5.41, 5.74) is 1.57. The molecule has 98 valence electrons. The molecule has 0 radical (unpaired) electrons. The van der Waals surface area contributed by atoms with Gasteiger partial charge >= 0.3 is 0 Å². The molecule has 0 amide bonds. The minimum atomic E-state index is 0.484. The zero-order valence-corrected chi connectivity index (χ0v) is 11.8. The van der Waals surface area contributed by atoms with Gasteiger partial charge in [-0.2, -0.15) is 0 Å². The van der Waals surface area contributed by atoms with E-state index in [0.29, 0.717) is 22.5 Å². The van der Waals surface area contributed by atoms with E-state index in [2.05, 4.69) is 18.9 Å². The Bertz CT molecular complexity index is 433. The highest BCUT2D eigenvalue weighted by Crippen LogP contribution is 2.35. The van der Waals surface area contributed by atoms with Crippen molar-refractivity contribution in [2.45, 2.75) is 38.6 Å². The fourth-order valence-electron chi connectivity index (χ4n) is 3.04. The summed E-state index contributed by atoms with van der Waals surface area (Å²) >= 11 is 6.27. The molecule has 18 heavy (non-hydrogen) atoms. The Morgan fingerprint density at radius 1 is 1.33 bits per heavy atom. The molecule has 0 aromatic heterocycles. The molecule has 0 spiro atoms. The quantitative estimate of drug-likeness (QED) is 0.765. The number of nitrogens with zero attached hydrogens (tertiary/aromatic N) is 1. The van der Waals surface area contributed by atoms with E-state index < -0.39 is 0 Å². The molecule has 0 bridgehead atoms. The van der Waals surface area contributed by atoms with Crippen LogP contribution >= 0.6 is 11.6 Å². The smallest absolute Gasteiger partial charge is 0.152 e. The maximum Gasteiger partial charge on any atom is 0.152 e. The van der Waals surface area contributed by atoms with Crippen molar-refractivity contribution in [3.8, 4) is 0 Å². The summed E-state index contributed by atoms with van der Waals surface area (Å²) in [5, 5.41) is 0.667. The Morgan fingerprint density at radius 2 is 2.06 bits per heavy atom. The Hall–Kier alpha value is -1.02. The van der Waals surface area contributed by atoms with Gasteiger partial charge in [0.2, 0.25) is 0 Å². The third kappa shape index (κ3) is 2.54. The predicted octanol–water partition coefficient (Wildman–Crippen LogP) is 4.17. The van der Waals surface area contributed by atoms with Crippen LogP contribution in [0.4, 0.5) is 5.69 Å². The van der Waals surface area contributed by atoms with Gasteiger partial charge in [-0.25, -0.2) is 0 Å². The molecule has 2 atom stereocenters. The largest absolute Gasteiger partial charge is 0.370 e. The lowest BCUT2D eigenvalue weighted by Crippen LogP contribution is -2.39. The van der Waals surface area contributed by atoms with Crippen LogP contribution < -0.4 is 4.90 Å². The molecule has 1 aliphatic rings. The van der Waals surface area contributed by atoms with Crippen LogP contribution in [-0.4, -0.2) is 19.4 Å². The van der Waals surface area contributed by atoms with E-state index in [-0.39, 0.29) is 0 Å². The summed E-state index contributed by atoms with van der Waals surface area (Å²) in [5.74, 6) is 0.652. The van der Waals surface area contributed by atoms with Crippen LogP contribution in [-0.2, 0) is 0 Å². The average molecular weight is 266 g/mol. The second kappa shape index (κ2) is 5.75. The van der Waals surface area contributed by atoms with E-state index in [1.54, 1.807) is 0 Å². The van der Waals surface area contributed by atoms with Crippen molar-refractivity contribution in [1.29, 1.82) is 0 Å². The van der Waals surface area contributed by atoms with Crippen LogP contribution in [0.2, 0.25) is 5.02 Å². The van der Waals surface area contributed by atoms with Crippen molar-refractivity contribution < 1.29 is 4.79 Å². The molecule has 0 saturated heterocycles. The van der Waals surface area contributed by atoms with Crippen LogP contribution in [0.5, 0.6) is 0 Å². The molecule has 3 heteroatoms. The van der Waals surface area contributed by atoms with Crippen LogP contribution in [0.15, 0.2) is 18.2 Å². The van der Waals surface area contributed by atoms with Crippen molar-refractivity contribution in [2.75, 3.05) is 11.9 Å². The first kappa shape index (κ1) is 13.4. The maximum absolute atomic E-state index is 11.2. The molecule has 0 aliphatic heterocycles. The molecule has 1 fully saturated rings. The lowest BCUT2D eigenvalue weighted by atomic mass is 9.84. The number of aldehydes is 1. The molecule has 1 aliphatic carbocycles. The van der Waals surface area contributed by atoms with Crippen LogP contribution in [0, 0.1) is 5.92 Å². The molecule has 0 heterocycles. The van der Waals surface area contributed by atoms with Gasteiger partial charge in [0.05, 0.1) is 10.7 Å². The average Bonchev–Trinajstić information content (AvgIpc) is 2.38. The van der Waals surface area contributed by atoms with E-state index in [0.717, 1.165) is 12.0 Å². The molecular weight excluding hydrogens is 246 g/mol. The van der Waals surface area contributed by atoms with Crippen molar-refractivity contribution in [3.63, 3.8) is 0 Å². The van der Waals surface area contributed by atoms with E-state index >= 15 is 0 Å². The van der Waals surface area contributed by atoms with E-state index in [1.165, 1.54) is 25.7 Å². The van der Waals surface area contributed by atoms with Crippen molar-refractivity contribution in [3.05, 3.63) is 28.8 Å². The molecular formula is C15H20ClNO.